The first-order valence-electron chi connectivity index (χ1n) is 9.25. The van der Waals surface area contributed by atoms with Crippen LogP contribution in [0.1, 0.15) is 94.3 Å². The van der Waals surface area contributed by atoms with Crippen molar-refractivity contribution in [1.29, 1.82) is 0 Å². The van der Waals surface area contributed by atoms with Crippen molar-refractivity contribution in [2.75, 3.05) is 0 Å². The van der Waals surface area contributed by atoms with Crippen LogP contribution in [0.5, 0.6) is 0 Å². The summed E-state index contributed by atoms with van der Waals surface area (Å²) in [5.41, 5.74) is 6.11. The number of hydrogen-bond acceptors (Lipinski definition) is 1. The number of unbranched alkanes of at least 4 members (excludes halogenated alkanes) is 2. The van der Waals surface area contributed by atoms with E-state index in [2.05, 4.69) is 31.2 Å². The summed E-state index contributed by atoms with van der Waals surface area (Å²) in [6, 6.07) is 8.85. The number of allylic oxidation sites excluding steroid dienone is 2. The third-order valence-electron chi connectivity index (χ3n) is 5.62. The molecule has 0 radical (unpaired) electrons. The van der Waals surface area contributed by atoms with Gasteiger partial charge in [-0.25, -0.2) is 0 Å². The lowest BCUT2D eigenvalue weighted by Gasteiger charge is -2.25. The maximum Gasteiger partial charge on any atom is 0.0790 e. The largest absolute Gasteiger partial charge is 0.388 e. The summed E-state index contributed by atoms with van der Waals surface area (Å²) < 4.78 is 0. The van der Waals surface area contributed by atoms with E-state index in [4.69, 9.17) is 0 Å². The second-order valence-corrected chi connectivity index (χ2v) is 7.18. The van der Waals surface area contributed by atoms with E-state index in [9.17, 15) is 5.11 Å². The van der Waals surface area contributed by atoms with Gasteiger partial charge in [0, 0.05) is 0 Å². The van der Waals surface area contributed by atoms with Crippen LogP contribution in [0.3, 0.4) is 0 Å². The number of hydrogen-bond donors (Lipinski definition) is 1. The van der Waals surface area contributed by atoms with Gasteiger partial charge in [0.2, 0.25) is 0 Å². The van der Waals surface area contributed by atoms with Crippen LogP contribution >= 0.6 is 0 Å². The predicted molar refractivity (Wildman–Crippen MR) is 93.0 cm³/mol. The zero-order chi connectivity index (χ0) is 15.4. The lowest BCUT2D eigenvalue weighted by Crippen LogP contribution is -2.07. The average molecular weight is 298 g/mol. The fourth-order valence-electron chi connectivity index (χ4n) is 4.19. The van der Waals surface area contributed by atoms with Crippen LogP contribution in [-0.4, -0.2) is 5.11 Å². The van der Waals surface area contributed by atoms with Crippen LogP contribution in [0.25, 0.3) is 0 Å². The summed E-state index contributed by atoms with van der Waals surface area (Å²) in [5, 5.41) is 10.3. The molecule has 1 nitrogen and oxygen atoms in total. The molecule has 2 aliphatic rings. The molecule has 1 heteroatoms. The molecule has 0 fully saturated rings. The van der Waals surface area contributed by atoms with E-state index >= 15 is 0 Å². The SMILES string of the molecule is CCCCCC(O)c1ccc([C@@H]2CCC3=C(CCC3)C2)cc1. The topological polar surface area (TPSA) is 20.2 Å². The van der Waals surface area contributed by atoms with Gasteiger partial charge in [-0.3, -0.25) is 0 Å². The van der Waals surface area contributed by atoms with Crippen molar-refractivity contribution >= 4 is 0 Å². The van der Waals surface area contributed by atoms with Crippen LogP contribution in [0.15, 0.2) is 35.4 Å². The molecule has 0 amide bonds. The molecule has 0 saturated heterocycles. The summed E-state index contributed by atoms with van der Waals surface area (Å²) in [4.78, 5) is 0. The van der Waals surface area contributed by atoms with Gasteiger partial charge in [-0.2, -0.15) is 0 Å². The van der Waals surface area contributed by atoms with E-state index in [1.807, 2.05) is 0 Å². The Morgan fingerprint density at radius 3 is 2.59 bits per heavy atom. The molecule has 3 rings (SSSR count). The minimum atomic E-state index is -0.281. The highest BCUT2D eigenvalue weighted by molar-refractivity contribution is 5.32. The monoisotopic (exact) mass is 298 g/mol. The summed E-state index contributed by atoms with van der Waals surface area (Å²) in [6.07, 6.45) is 12.2. The molecule has 0 bridgehead atoms. The van der Waals surface area contributed by atoms with Gasteiger partial charge in [0.15, 0.2) is 0 Å². The molecule has 1 N–H and O–H groups in total. The first kappa shape index (κ1) is 15.8. The fourth-order valence-corrected chi connectivity index (χ4v) is 4.19. The Morgan fingerprint density at radius 2 is 1.82 bits per heavy atom. The molecule has 1 unspecified atom stereocenters. The third-order valence-corrected chi connectivity index (χ3v) is 5.62. The lowest BCUT2D eigenvalue weighted by molar-refractivity contribution is 0.163. The molecule has 0 heterocycles. The summed E-state index contributed by atoms with van der Waals surface area (Å²) in [6.45, 7) is 2.20. The minimum absolute atomic E-state index is 0.281. The van der Waals surface area contributed by atoms with Gasteiger partial charge >= 0.3 is 0 Å². The molecule has 0 aliphatic heterocycles. The average Bonchev–Trinajstić information content (AvgIpc) is 3.02. The summed E-state index contributed by atoms with van der Waals surface area (Å²) in [7, 11) is 0. The van der Waals surface area contributed by atoms with E-state index in [1.165, 1.54) is 56.9 Å². The Labute approximate surface area is 135 Å². The third kappa shape index (κ3) is 3.63. The van der Waals surface area contributed by atoms with E-state index in [1.54, 1.807) is 11.1 Å². The molecule has 2 aliphatic carbocycles. The Morgan fingerprint density at radius 1 is 1.05 bits per heavy atom. The number of benzene rings is 1. The van der Waals surface area contributed by atoms with Crippen molar-refractivity contribution in [3.05, 3.63) is 46.5 Å². The Kier molecular flexibility index (Phi) is 5.36. The van der Waals surface area contributed by atoms with Crippen LogP contribution in [0.4, 0.5) is 0 Å². The van der Waals surface area contributed by atoms with Gasteiger partial charge in [0.05, 0.1) is 6.10 Å². The van der Waals surface area contributed by atoms with E-state index < -0.39 is 0 Å². The lowest BCUT2D eigenvalue weighted by atomic mass is 9.81. The van der Waals surface area contributed by atoms with Gasteiger partial charge in [-0.1, -0.05) is 61.6 Å². The van der Waals surface area contributed by atoms with Crippen molar-refractivity contribution in [3.8, 4) is 0 Å². The second kappa shape index (κ2) is 7.46. The molecule has 0 spiro atoms. The molecule has 0 saturated carbocycles. The summed E-state index contributed by atoms with van der Waals surface area (Å²) in [5.74, 6) is 0.711. The van der Waals surface area contributed by atoms with Crippen molar-refractivity contribution in [1.82, 2.24) is 0 Å². The normalized spacial score (nSPS) is 22.7. The Bertz CT molecular complexity index is 511. The highest BCUT2D eigenvalue weighted by Crippen LogP contribution is 2.43. The maximum atomic E-state index is 10.3. The fraction of sp³-hybridized carbons (Fsp3) is 0.619. The van der Waals surface area contributed by atoms with E-state index in [-0.39, 0.29) is 6.10 Å². The Balaban J connectivity index is 1.59. The summed E-state index contributed by atoms with van der Waals surface area (Å²) >= 11 is 0. The van der Waals surface area contributed by atoms with Gasteiger partial charge in [0.1, 0.15) is 0 Å². The number of aliphatic hydroxyl groups is 1. The Hall–Kier alpha value is -1.08. The van der Waals surface area contributed by atoms with Crippen LogP contribution in [-0.2, 0) is 0 Å². The maximum absolute atomic E-state index is 10.3. The molecule has 1 aromatic carbocycles. The first-order chi connectivity index (χ1) is 10.8. The predicted octanol–water partition coefficient (Wildman–Crippen LogP) is 6.05. The quantitative estimate of drug-likeness (QED) is 0.501. The van der Waals surface area contributed by atoms with Crippen LogP contribution in [0, 0.1) is 0 Å². The van der Waals surface area contributed by atoms with E-state index in [0.29, 0.717) is 5.92 Å². The van der Waals surface area contributed by atoms with Crippen LogP contribution in [0.2, 0.25) is 0 Å². The first-order valence-corrected chi connectivity index (χ1v) is 9.25. The molecule has 1 aromatic rings. The van der Waals surface area contributed by atoms with Crippen LogP contribution < -0.4 is 0 Å². The van der Waals surface area contributed by atoms with Gasteiger partial charge in [0.25, 0.3) is 0 Å². The minimum Gasteiger partial charge on any atom is -0.388 e. The second-order valence-electron chi connectivity index (χ2n) is 7.18. The highest BCUT2D eigenvalue weighted by atomic mass is 16.3. The number of rotatable bonds is 6. The molecular weight excluding hydrogens is 268 g/mol. The zero-order valence-corrected chi connectivity index (χ0v) is 14.0. The zero-order valence-electron chi connectivity index (χ0n) is 14.0. The van der Waals surface area contributed by atoms with Gasteiger partial charge in [-0.05, 0) is 62.0 Å². The molecule has 0 aromatic heterocycles. The molecular formula is C21H30O. The van der Waals surface area contributed by atoms with Crippen molar-refractivity contribution in [2.45, 2.75) is 83.2 Å². The molecule has 2 atom stereocenters. The molecule has 120 valence electrons. The van der Waals surface area contributed by atoms with Crippen molar-refractivity contribution in [3.63, 3.8) is 0 Å². The van der Waals surface area contributed by atoms with Gasteiger partial charge in [-0.15, -0.1) is 0 Å². The van der Waals surface area contributed by atoms with Gasteiger partial charge < -0.3 is 5.11 Å². The number of aliphatic hydroxyl groups excluding tert-OH is 1. The van der Waals surface area contributed by atoms with E-state index in [0.717, 1.165) is 18.4 Å². The molecule has 22 heavy (non-hydrogen) atoms. The smallest absolute Gasteiger partial charge is 0.0790 e. The highest BCUT2D eigenvalue weighted by Gasteiger charge is 2.25. The standard InChI is InChI=1S/C21H30O/c1-2-3-4-8-21(22)18-12-9-17(10-13-18)20-14-11-16-6-5-7-19(16)15-20/h9-10,12-13,20-22H,2-8,11,14-15H2,1H3/t20-,21?/m1/s1. The van der Waals surface area contributed by atoms with Crippen molar-refractivity contribution in [2.24, 2.45) is 0 Å². The van der Waals surface area contributed by atoms with Crippen molar-refractivity contribution < 1.29 is 5.11 Å².